The second kappa shape index (κ2) is 10.6. The van der Waals surface area contributed by atoms with E-state index >= 15 is 0 Å². The van der Waals surface area contributed by atoms with Gasteiger partial charge in [-0.15, -0.1) is 13.2 Å². The number of para-hydroxylation sites is 1. The highest BCUT2D eigenvalue weighted by molar-refractivity contribution is 5.87. The Kier molecular flexibility index (Phi) is 7.13. The number of aryl methyl sites for hydroxylation is 1. The molecule has 0 radical (unpaired) electrons. The van der Waals surface area contributed by atoms with Crippen molar-refractivity contribution in [2.75, 3.05) is 12.0 Å². The molecule has 2 bridgehead atoms. The summed E-state index contributed by atoms with van der Waals surface area (Å²) in [6.07, 6.45) is -0.678. The molecule has 4 atom stereocenters. The fraction of sp³-hybridized carbons (Fsp3) is 0.517. The molecule has 3 aliphatic rings. The number of alkyl halides is 3. The van der Waals surface area contributed by atoms with Crippen molar-refractivity contribution in [3.8, 4) is 17.0 Å². The van der Waals surface area contributed by atoms with Crippen LogP contribution in [0.1, 0.15) is 72.5 Å². The fourth-order valence-corrected chi connectivity index (χ4v) is 6.21. The van der Waals surface area contributed by atoms with Crippen LogP contribution in [0.15, 0.2) is 34.9 Å². The summed E-state index contributed by atoms with van der Waals surface area (Å²) in [4.78, 5) is 23.5. The zero-order valence-corrected chi connectivity index (χ0v) is 23.0. The van der Waals surface area contributed by atoms with Gasteiger partial charge < -0.3 is 23.6 Å². The average Bonchev–Trinajstić information content (AvgIpc) is 3.65. The van der Waals surface area contributed by atoms with Gasteiger partial charge in [-0.25, -0.2) is 14.8 Å². The number of carbonyl (C=O) groups is 1. The third-order valence-corrected chi connectivity index (χ3v) is 8.16. The van der Waals surface area contributed by atoms with Crippen LogP contribution in [0.5, 0.6) is 5.75 Å². The summed E-state index contributed by atoms with van der Waals surface area (Å²) in [7, 11) is 1.32. The number of ether oxygens (including phenoxy) is 3. The van der Waals surface area contributed by atoms with Crippen molar-refractivity contribution in [2.45, 2.75) is 83.0 Å². The average molecular weight is 573 g/mol. The first-order valence-corrected chi connectivity index (χ1v) is 13.8. The van der Waals surface area contributed by atoms with Crippen LogP contribution >= 0.6 is 0 Å². The maximum absolute atomic E-state index is 13.1. The van der Waals surface area contributed by atoms with Gasteiger partial charge in [0.05, 0.1) is 19.8 Å². The Labute approximate surface area is 235 Å². The minimum Gasteiger partial charge on any atom is -0.464 e. The Hall–Kier alpha value is -3.67. The topological polar surface area (TPSA) is 99.8 Å². The molecule has 4 heterocycles. The van der Waals surface area contributed by atoms with E-state index in [1.165, 1.54) is 19.2 Å². The predicted octanol–water partition coefficient (Wildman–Crippen LogP) is 5.97. The third-order valence-electron chi connectivity index (χ3n) is 8.16. The van der Waals surface area contributed by atoms with Gasteiger partial charge in [-0.3, -0.25) is 0 Å². The largest absolute Gasteiger partial charge is 0.573 e. The molecule has 1 aliphatic carbocycles. The van der Waals surface area contributed by atoms with Gasteiger partial charge in [0.15, 0.2) is 5.69 Å². The van der Waals surface area contributed by atoms with Crippen molar-refractivity contribution >= 4 is 11.9 Å². The second-order valence-electron chi connectivity index (χ2n) is 11.1. The van der Waals surface area contributed by atoms with E-state index in [2.05, 4.69) is 31.7 Å². The molecule has 3 unspecified atom stereocenters. The zero-order chi connectivity index (χ0) is 28.9. The molecular formula is C29H31F3N4O5. The summed E-state index contributed by atoms with van der Waals surface area (Å²) < 4.78 is 60.6. The summed E-state index contributed by atoms with van der Waals surface area (Å²) >= 11 is 0. The monoisotopic (exact) mass is 572 g/mol. The molecule has 12 heteroatoms. The minimum absolute atomic E-state index is 0.0902. The lowest BCUT2D eigenvalue weighted by Gasteiger charge is -2.39. The predicted molar refractivity (Wildman–Crippen MR) is 140 cm³/mol. The standard InChI is InChI=1S/C29H31F3N4O5/c1-15-10-18-12-19(13-23(15)36(18)28-33-16(2)11-22(34-28)27(37)38-3)39-14-21-25(35-41-26(21)17-8-9-17)20-6-4-5-7-24(20)40-29(30,31)32/h4-7,11,15,17-19,23H,8-10,12-14H2,1-3H3/t15-,18?,19?,23?/m1/s1. The summed E-state index contributed by atoms with van der Waals surface area (Å²) in [6, 6.07) is 7.78. The number of piperidine rings is 1. The molecule has 218 valence electrons. The number of methoxy groups -OCH3 is 1. The highest BCUT2D eigenvalue weighted by atomic mass is 19.4. The number of halogens is 3. The lowest BCUT2D eigenvalue weighted by molar-refractivity contribution is -0.274. The first-order chi connectivity index (χ1) is 19.6. The molecule has 1 aromatic carbocycles. The van der Waals surface area contributed by atoms with Crippen molar-refractivity contribution in [3.63, 3.8) is 0 Å². The van der Waals surface area contributed by atoms with E-state index in [-0.39, 0.29) is 47.7 Å². The lowest BCUT2D eigenvalue weighted by atomic mass is 9.97. The Bertz CT molecular complexity index is 1440. The van der Waals surface area contributed by atoms with Gasteiger partial charge in [0.2, 0.25) is 5.95 Å². The Morgan fingerprint density at radius 3 is 2.63 bits per heavy atom. The second-order valence-corrected chi connectivity index (χ2v) is 11.1. The van der Waals surface area contributed by atoms with Crippen molar-refractivity contribution in [3.05, 3.63) is 53.0 Å². The first kappa shape index (κ1) is 27.5. The molecule has 2 aromatic heterocycles. The van der Waals surface area contributed by atoms with Crippen molar-refractivity contribution in [1.82, 2.24) is 15.1 Å². The highest BCUT2D eigenvalue weighted by Gasteiger charge is 2.47. The van der Waals surface area contributed by atoms with Crippen LogP contribution in [0.3, 0.4) is 0 Å². The van der Waals surface area contributed by atoms with E-state index in [1.807, 2.05) is 6.92 Å². The smallest absolute Gasteiger partial charge is 0.464 e. The van der Waals surface area contributed by atoms with E-state index in [1.54, 1.807) is 18.2 Å². The maximum atomic E-state index is 13.1. The maximum Gasteiger partial charge on any atom is 0.573 e. The number of carbonyl (C=O) groups excluding carboxylic acids is 1. The molecule has 2 aliphatic heterocycles. The van der Waals surface area contributed by atoms with Crippen molar-refractivity contribution in [2.24, 2.45) is 5.92 Å². The lowest BCUT2D eigenvalue weighted by Crippen LogP contribution is -2.47. The number of aromatic nitrogens is 3. The summed E-state index contributed by atoms with van der Waals surface area (Å²) in [5.41, 5.74) is 2.09. The van der Waals surface area contributed by atoms with E-state index in [0.717, 1.165) is 32.1 Å². The fourth-order valence-electron chi connectivity index (χ4n) is 6.21. The molecular weight excluding hydrogens is 541 g/mol. The van der Waals surface area contributed by atoms with E-state index < -0.39 is 12.3 Å². The molecule has 41 heavy (non-hydrogen) atoms. The quantitative estimate of drug-likeness (QED) is 0.303. The molecule has 2 saturated heterocycles. The SMILES string of the molecule is COC(=O)c1cc(C)nc(N2C3CC(OCc4c(-c5ccccc5OC(F)(F)F)noc4C4CC4)CC2[C@H](C)C3)n1. The number of hydrogen-bond acceptors (Lipinski definition) is 9. The summed E-state index contributed by atoms with van der Waals surface area (Å²) in [5.74, 6) is 0.890. The minimum atomic E-state index is -4.83. The molecule has 0 spiro atoms. The number of rotatable bonds is 8. The summed E-state index contributed by atoms with van der Waals surface area (Å²) in [6.45, 7) is 4.18. The zero-order valence-electron chi connectivity index (χ0n) is 23.0. The molecule has 0 amide bonds. The Balaban J connectivity index is 1.22. The van der Waals surface area contributed by atoms with Crippen LogP contribution in [0, 0.1) is 12.8 Å². The van der Waals surface area contributed by atoms with Gasteiger partial charge in [-0.2, -0.15) is 0 Å². The normalized spacial score (nSPS) is 24.0. The highest BCUT2D eigenvalue weighted by Crippen LogP contribution is 2.47. The van der Waals surface area contributed by atoms with E-state index in [4.69, 9.17) is 14.0 Å². The van der Waals surface area contributed by atoms with Gasteiger partial charge in [0, 0.05) is 34.8 Å². The van der Waals surface area contributed by atoms with Crippen molar-refractivity contribution in [1.29, 1.82) is 0 Å². The molecule has 3 aromatic rings. The summed E-state index contributed by atoms with van der Waals surface area (Å²) in [5, 5.41) is 4.18. The number of hydrogen-bond donors (Lipinski definition) is 0. The van der Waals surface area contributed by atoms with E-state index in [9.17, 15) is 18.0 Å². The molecule has 9 nitrogen and oxygen atoms in total. The Morgan fingerprint density at radius 1 is 1.15 bits per heavy atom. The van der Waals surface area contributed by atoms with Crippen LogP contribution in [0.2, 0.25) is 0 Å². The van der Waals surface area contributed by atoms with Crippen molar-refractivity contribution < 1.29 is 36.7 Å². The number of anilines is 1. The van der Waals surface area contributed by atoms with Crippen LogP contribution < -0.4 is 9.64 Å². The van der Waals surface area contributed by atoms with Gasteiger partial charge in [0.25, 0.3) is 0 Å². The molecule has 0 N–H and O–H groups in total. The van der Waals surface area contributed by atoms with E-state index in [0.29, 0.717) is 34.6 Å². The number of benzene rings is 1. The van der Waals surface area contributed by atoms with Crippen LogP contribution in [0.25, 0.3) is 11.3 Å². The van der Waals surface area contributed by atoms with Gasteiger partial charge in [0.1, 0.15) is 17.2 Å². The Morgan fingerprint density at radius 2 is 1.93 bits per heavy atom. The van der Waals surface area contributed by atoms with Crippen LogP contribution in [0.4, 0.5) is 19.1 Å². The number of fused-ring (bicyclic) bond motifs is 2. The van der Waals surface area contributed by atoms with Gasteiger partial charge in [-0.1, -0.05) is 24.2 Å². The van der Waals surface area contributed by atoms with Crippen LogP contribution in [-0.4, -0.2) is 52.8 Å². The first-order valence-electron chi connectivity index (χ1n) is 13.8. The number of nitrogens with zero attached hydrogens (tertiary/aromatic N) is 4. The van der Waals surface area contributed by atoms with Gasteiger partial charge in [-0.05, 0) is 63.1 Å². The molecule has 1 saturated carbocycles. The number of esters is 1. The molecule has 6 rings (SSSR count). The third kappa shape index (κ3) is 5.61. The van der Waals surface area contributed by atoms with Gasteiger partial charge >= 0.3 is 12.3 Å². The molecule has 3 fully saturated rings. The van der Waals surface area contributed by atoms with Crippen LogP contribution in [-0.2, 0) is 16.1 Å².